The van der Waals surface area contributed by atoms with Crippen LogP contribution in [0.2, 0.25) is 0 Å². The van der Waals surface area contributed by atoms with Gasteiger partial charge in [-0.1, -0.05) is 12.1 Å². The SMILES string of the molecule is CN=C(NCc1ccc(OC(C)C)nc1)N1CCN(c2ccccn2)CC1.I. The fraction of sp³-hybridized carbons (Fsp3) is 0.450. The van der Waals surface area contributed by atoms with E-state index in [1.165, 1.54) is 0 Å². The lowest BCUT2D eigenvalue weighted by molar-refractivity contribution is 0.232. The van der Waals surface area contributed by atoms with Crippen LogP contribution in [0.15, 0.2) is 47.7 Å². The van der Waals surface area contributed by atoms with Gasteiger partial charge in [-0.2, -0.15) is 0 Å². The van der Waals surface area contributed by atoms with Crippen LogP contribution in [0.1, 0.15) is 19.4 Å². The number of anilines is 1. The number of halogens is 1. The highest BCUT2D eigenvalue weighted by Crippen LogP contribution is 2.13. The number of nitrogens with one attached hydrogen (secondary N) is 1. The Bertz CT molecular complexity index is 730. The Morgan fingerprint density at radius 3 is 2.50 bits per heavy atom. The summed E-state index contributed by atoms with van der Waals surface area (Å²) >= 11 is 0. The summed E-state index contributed by atoms with van der Waals surface area (Å²) in [6.07, 6.45) is 3.81. The van der Waals surface area contributed by atoms with Crippen LogP contribution in [-0.4, -0.2) is 60.2 Å². The van der Waals surface area contributed by atoms with Crippen LogP contribution in [0.25, 0.3) is 0 Å². The number of piperazine rings is 1. The van der Waals surface area contributed by atoms with Gasteiger partial charge in [0.15, 0.2) is 5.96 Å². The third-order valence-electron chi connectivity index (χ3n) is 4.37. The Morgan fingerprint density at radius 2 is 1.93 bits per heavy atom. The van der Waals surface area contributed by atoms with Crippen LogP contribution in [0.4, 0.5) is 5.82 Å². The van der Waals surface area contributed by atoms with Crippen LogP contribution in [-0.2, 0) is 6.54 Å². The van der Waals surface area contributed by atoms with Gasteiger partial charge in [0.05, 0.1) is 6.10 Å². The molecule has 1 aliphatic heterocycles. The van der Waals surface area contributed by atoms with Crippen molar-refractivity contribution in [2.45, 2.75) is 26.5 Å². The third kappa shape index (κ3) is 6.22. The normalized spacial score (nSPS) is 14.6. The van der Waals surface area contributed by atoms with E-state index in [0.29, 0.717) is 12.4 Å². The van der Waals surface area contributed by atoms with E-state index in [1.807, 2.05) is 57.6 Å². The van der Waals surface area contributed by atoms with E-state index in [1.54, 1.807) is 0 Å². The largest absolute Gasteiger partial charge is 0.475 e. The van der Waals surface area contributed by atoms with Crippen molar-refractivity contribution in [1.82, 2.24) is 20.2 Å². The molecule has 0 saturated carbocycles. The van der Waals surface area contributed by atoms with Gasteiger partial charge in [-0.3, -0.25) is 4.99 Å². The Morgan fingerprint density at radius 1 is 1.14 bits per heavy atom. The molecule has 2 aromatic heterocycles. The van der Waals surface area contributed by atoms with Gasteiger partial charge < -0.3 is 19.9 Å². The fourth-order valence-corrected chi connectivity index (χ4v) is 3.03. The number of ether oxygens (including phenoxy) is 1. The van der Waals surface area contributed by atoms with Crippen molar-refractivity contribution in [3.05, 3.63) is 48.3 Å². The molecule has 0 amide bonds. The van der Waals surface area contributed by atoms with Gasteiger partial charge in [0, 0.05) is 58.2 Å². The molecule has 0 unspecified atom stereocenters. The van der Waals surface area contributed by atoms with Crippen molar-refractivity contribution in [2.24, 2.45) is 4.99 Å². The number of rotatable bonds is 5. The minimum atomic E-state index is 0. The molecule has 0 spiro atoms. The molecule has 3 rings (SSSR count). The molecular formula is C20H29IN6O. The smallest absolute Gasteiger partial charge is 0.213 e. The molecule has 2 aromatic rings. The highest BCUT2D eigenvalue weighted by Gasteiger charge is 2.20. The Hall–Kier alpha value is -2.10. The second-order valence-electron chi connectivity index (χ2n) is 6.73. The summed E-state index contributed by atoms with van der Waals surface area (Å²) in [6, 6.07) is 9.97. The highest BCUT2D eigenvalue weighted by molar-refractivity contribution is 14.0. The summed E-state index contributed by atoms with van der Waals surface area (Å²) < 4.78 is 5.58. The maximum absolute atomic E-state index is 5.58. The molecule has 7 nitrogen and oxygen atoms in total. The number of pyridine rings is 2. The molecule has 1 saturated heterocycles. The summed E-state index contributed by atoms with van der Waals surface area (Å²) in [5.74, 6) is 2.61. The first-order chi connectivity index (χ1) is 13.2. The molecule has 0 aliphatic carbocycles. The highest BCUT2D eigenvalue weighted by atomic mass is 127. The summed E-state index contributed by atoms with van der Waals surface area (Å²) in [7, 11) is 1.82. The summed E-state index contributed by atoms with van der Waals surface area (Å²) in [4.78, 5) is 17.8. The van der Waals surface area contributed by atoms with Gasteiger partial charge >= 0.3 is 0 Å². The zero-order valence-corrected chi connectivity index (χ0v) is 19.0. The van der Waals surface area contributed by atoms with Gasteiger partial charge in [-0.05, 0) is 31.5 Å². The van der Waals surface area contributed by atoms with Crippen molar-refractivity contribution in [2.75, 3.05) is 38.1 Å². The average molecular weight is 496 g/mol. The number of hydrogen-bond acceptors (Lipinski definition) is 5. The van der Waals surface area contributed by atoms with Crippen LogP contribution in [0, 0.1) is 0 Å². The van der Waals surface area contributed by atoms with E-state index in [2.05, 4.69) is 36.1 Å². The summed E-state index contributed by atoms with van der Waals surface area (Å²) in [5, 5.41) is 3.43. The zero-order valence-electron chi connectivity index (χ0n) is 16.7. The Balaban J connectivity index is 0.00000280. The predicted molar refractivity (Wildman–Crippen MR) is 124 cm³/mol. The predicted octanol–water partition coefficient (Wildman–Crippen LogP) is 2.78. The molecule has 1 N–H and O–H groups in total. The molecule has 0 bridgehead atoms. The molecule has 0 aromatic carbocycles. The number of nitrogens with zero attached hydrogens (tertiary/aromatic N) is 5. The lowest BCUT2D eigenvalue weighted by Gasteiger charge is -2.37. The lowest BCUT2D eigenvalue weighted by atomic mass is 10.3. The molecular weight excluding hydrogens is 467 g/mol. The topological polar surface area (TPSA) is 65.9 Å². The first-order valence-corrected chi connectivity index (χ1v) is 9.39. The molecule has 8 heteroatoms. The first kappa shape index (κ1) is 22.2. The number of aliphatic imine (C=N–C) groups is 1. The number of guanidine groups is 1. The van der Waals surface area contributed by atoms with Crippen molar-refractivity contribution >= 4 is 35.8 Å². The van der Waals surface area contributed by atoms with Crippen molar-refractivity contribution < 1.29 is 4.74 Å². The van der Waals surface area contributed by atoms with Gasteiger partial charge in [0.2, 0.25) is 5.88 Å². The van der Waals surface area contributed by atoms with Gasteiger partial charge in [0.25, 0.3) is 0 Å². The van der Waals surface area contributed by atoms with E-state index in [0.717, 1.165) is 43.5 Å². The molecule has 3 heterocycles. The second kappa shape index (κ2) is 11.0. The minimum Gasteiger partial charge on any atom is -0.475 e. The van der Waals surface area contributed by atoms with Crippen LogP contribution in [0.3, 0.4) is 0 Å². The van der Waals surface area contributed by atoms with Crippen LogP contribution < -0.4 is 15.0 Å². The molecule has 1 aliphatic rings. The van der Waals surface area contributed by atoms with Gasteiger partial charge in [-0.25, -0.2) is 9.97 Å². The van der Waals surface area contributed by atoms with E-state index in [-0.39, 0.29) is 30.1 Å². The summed E-state index contributed by atoms with van der Waals surface area (Å²) in [5.41, 5.74) is 1.10. The van der Waals surface area contributed by atoms with E-state index >= 15 is 0 Å². The Labute approximate surface area is 184 Å². The van der Waals surface area contributed by atoms with E-state index in [9.17, 15) is 0 Å². The monoisotopic (exact) mass is 496 g/mol. The Kier molecular flexibility index (Phi) is 8.75. The van der Waals surface area contributed by atoms with Crippen LogP contribution in [0.5, 0.6) is 5.88 Å². The number of hydrogen-bond donors (Lipinski definition) is 1. The fourth-order valence-electron chi connectivity index (χ4n) is 3.03. The molecule has 1 fully saturated rings. The number of aromatic nitrogens is 2. The molecule has 152 valence electrons. The maximum atomic E-state index is 5.58. The lowest BCUT2D eigenvalue weighted by Crippen LogP contribution is -2.52. The average Bonchev–Trinajstić information content (AvgIpc) is 2.70. The zero-order chi connectivity index (χ0) is 19.1. The van der Waals surface area contributed by atoms with Gasteiger partial charge in [0.1, 0.15) is 5.82 Å². The standard InChI is InChI=1S/C20H28N6O.HI/c1-16(2)27-19-8-7-17(14-23-19)15-24-20(21-3)26-12-10-25(11-13-26)18-6-4-5-9-22-18;/h4-9,14,16H,10-13,15H2,1-3H3,(H,21,24);1H. The molecule has 0 atom stereocenters. The molecule has 28 heavy (non-hydrogen) atoms. The van der Waals surface area contributed by atoms with Crippen molar-refractivity contribution in [1.29, 1.82) is 0 Å². The van der Waals surface area contributed by atoms with Gasteiger partial charge in [-0.15, -0.1) is 24.0 Å². The molecule has 0 radical (unpaired) electrons. The second-order valence-corrected chi connectivity index (χ2v) is 6.73. The van der Waals surface area contributed by atoms with E-state index in [4.69, 9.17) is 4.74 Å². The van der Waals surface area contributed by atoms with Crippen molar-refractivity contribution in [3.8, 4) is 5.88 Å². The third-order valence-corrected chi connectivity index (χ3v) is 4.37. The quantitative estimate of drug-likeness (QED) is 0.390. The van der Waals surface area contributed by atoms with E-state index < -0.39 is 0 Å². The van der Waals surface area contributed by atoms with Crippen molar-refractivity contribution in [3.63, 3.8) is 0 Å². The summed E-state index contributed by atoms with van der Waals surface area (Å²) in [6.45, 7) is 8.36. The first-order valence-electron chi connectivity index (χ1n) is 9.39. The van der Waals surface area contributed by atoms with Crippen LogP contribution >= 0.6 is 24.0 Å². The minimum absolute atomic E-state index is 0. The maximum Gasteiger partial charge on any atom is 0.213 e.